The van der Waals surface area contributed by atoms with Gasteiger partial charge in [-0.3, -0.25) is 15.1 Å². The molecule has 1 aliphatic rings. The fourth-order valence-electron chi connectivity index (χ4n) is 2.15. The van der Waals surface area contributed by atoms with E-state index in [4.69, 9.17) is 11.1 Å². The number of nitrogens with zero attached hydrogens (tertiary/aromatic N) is 1. The number of nitrogens with two attached hydrogens (primary N) is 1. The van der Waals surface area contributed by atoms with Crippen LogP contribution in [0.3, 0.4) is 0 Å². The molecule has 0 bridgehead atoms. The molecule has 2 heterocycles. The Kier molecular flexibility index (Phi) is 3.98. The predicted molar refractivity (Wildman–Crippen MR) is 72.8 cm³/mol. The monoisotopic (exact) mass is 266 g/mol. The number of likely N-dealkylation sites (tertiary alicyclic amines) is 1. The molecule has 1 amide bonds. The third kappa shape index (κ3) is 2.88. The standard InChI is InChI=1S/C12H18N4OS/c1-16-4-2-3-10(16)12(17)15-6-9-5-8(7-18-9)11(13)14/h5,7,10H,2-4,6H2,1H3,(H3,13,14)(H,15,17). The topological polar surface area (TPSA) is 82.2 Å². The first-order valence-corrected chi connectivity index (χ1v) is 6.85. The Morgan fingerprint density at radius 3 is 3.06 bits per heavy atom. The van der Waals surface area contributed by atoms with Crippen LogP contribution in [0, 0.1) is 5.41 Å². The first-order valence-electron chi connectivity index (χ1n) is 5.97. The van der Waals surface area contributed by atoms with Gasteiger partial charge in [0.2, 0.25) is 5.91 Å². The lowest BCUT2D eigenvalue weighted by atomic mass is 10.2. The Morgan fingerprint density at radius 2 is 2.50 bits per heavy atom. The Hall–Kier alpha value is -1.40. The van der Waals surface area contributed by atoms with E-state index in [1.54, 1.807) is 0 Å². The van der Waals surface area contributed by atoms with Crippen LogP contribution in [-0.4, -0.2) is 36.3 Å². The highest BCUT2D eigenvalue weighted by atomic mass is 32.1. The summed E-state index contributed by atoms with van der Waals surface area (Å²) < 4.78 is 0. The lowest BCUT2D eigenvalue weighted by molar-refractivity contribution is -0.125. The lowest BCUT2D eigenvalue weighted by Crippen LogP contribution is -2.40. The van der Waals surface area contributed by atoms with Crippen molar-refractivity contribution in [2.45, 2.75) is 25.4 Å². The van der Waals surface area contributed by atoms with Crippen LogP contribution in [0.15, 0.2) is 11.4 Å². The molecule has 1 aliphatic heterocycles. The van der Waals surface area contributed by atoms with Crippen LogP contribution >= 0.6 is 11.3 Å². The zero-order chi connectivity index (χ0) is 13.1. The smallest absolute Gasteiger partial charge is 0.237 e. The maximum absolute atomic E-state index is 12.0. The number of hydrogen-bond donors (Lipinski definition) is 3. The molecule has 0 radical (unpaired) electrons. The highest BCUT2D eigenvalue weighted by Crippen LogP contribution is 2.16. The van der Waals surface area contributed by atoms with Gasteiger partial charge < -0.3 is 11.1 Å². The molecule has 1 aromatic heterocycles. The molecule has 0 saturated carbocycles. The minimum absolute atomic E-state index is 0.0113. The molecule has 4 N–H and O–H groups in total. The maximum Gasteiger partial charge on any atom is 0.237 e. The molecule has 5 nitrogen and oxygen atoms in total. The summed E-state index contributed by atoms with van der Waals surface area (Å²) in [7, 11) is 1.98. The van der Waals surface area contributed by atoms with Gasteiger partial charge in [0.1, 0.15) is 5.84 Å². The molecule has 1 atom stereocenters. The van der Waals surface area contributed by atoms with Crippen LogP contribution in [0.2, 0.25) is 0 Å². The number of nitrogens with one attached hydrogen (secondary N) is 2. The van der Waals surface area contributed by atoms with Crippen molar-refractivity contribution < 1.29 is 4.79 Å². The maximum atomic E-state index is 12.0. The van der Waals surface area contributed by atoms with Gasteiger partial charge in [0.25, 0.3) is 0 Å². The molecule has 1 aromatic rings. The number of thiophene rings is 1. The number of carbonyl (C=O) groups excluding carboxylic acids is 1. The summed E-state index contributed by atoms with van der Waals surface area (Å²) in [4.78, 5) is 15.1. The van der Waals surface area contributed by atoms with E-state index in [0.717, 1.165) is 29.8 Å². The van der Waals surface area contributed by atoms with Crippen molar-refractivity contribution in [2.24, 2.45) is 5.73 Å². The van der Waals surface area contributed by atoms with Crippen LogP contribution in [0.5, 0.6) is 0 Å². The Labute approximate surface area is 110 Å². The zero-order valence-electron chi connectivity index (χ0n) is 10.4. The van der Waals surface area contributed by atoms with Crippen molar-refractivity contribution in [2.75, 3.05) is 13.6 Å². The highest BCUT2D eigenvalue weighted by Gasteiger charge is 2.27. The Morgan fingerprint density at radius 1 is 1.72 bits per heavy atom. The summed E-state index contributed by atoms with van der Waals surface area (Å²) in [5.41, 5.74) is 6.12. The summed E-state index contributed by atoms with van der Waals surface area (Å²) in [6, 6.07) is 1.86. The minimum atomic E-state index is 0.0113. The molecule has 0 aromatic carbocycles. The van der Waals surface area contributed by atoms with Gasteiger partial charge >= 0.3 is 0 Å². The average Bonchev–Trinajstić information content (AvgIpc) is 2.94. The second-order valence-electron chi connectivity index (χ2n) is 4.57. The SMILES string of the molecule is CN1CCCC1C(=O)NCc1cc(C(=N)N)cs1. The third-order valence-corrected chi connectivity index (χ3v) is 4.16. The second kappa shape index (κ2) is 5.49. The van der Waals surface area contributed by atoms with Crippen molar-refractivity contribution in [3.8, 4) is 0 Å². The molecule has 6 heteroatoms. The molecule has 98 valence electrons. The number of amidine groups is 1. The van der Waals surface area contributed by atoms with Crippen molar-refractivity contribution in [3.63, 3.8) is 0 Å². The van der Waals surface area contributed by atoms with E-state index in [0.29, 0.717) is 6.54 Å². The Bertz CT molecular complexity index is 457. The number of amides is 1. The largest absolute Gasteiger partial charge is 0.384 e. The van der Waals surface area contributed by atoms with Gasteiger partial charge in [0.15, 0.2) is 0 Å². The van der Waals surface area contributed by atoms with Gasteiger partial charge in [-0.2, -0.15) is 0 Å². The molecule has 0 spiro atoms. The van der Waals surface area contributed by atoms with Crippen molar-refractivity contribution >= 4 is 23.1 Å². The number of likely N-dealkylation sites (N-methyl/N-ethyl adjacent to an activating group) is 1. The lowest BCUT2D eigenvalue weighted by Gasteiger charge is -2.18. The average molecular weight is 266 g/mol. The number of carbonyl (C=O) groups is 1. The van der Waals surface area contributed by atoms with Crippen LogP contribution in [0.25, 0.3) is 0 Å². The number of hydrogen-bond acceptors (Lipinski definition) is 4. The van der Waals surface area contributed by atoms with Gasteiger partial charge in [0.05, 0.1) is 12.6 Å². The second-order valence-corrected chi connectivity index (χ2v) is 5.57. The minimum Gasteiger partial charge on any atom is -0.384 e. The fraction of sp³-hybridized carbons (Fsp3) is 0.500. The van der Waals surface area contributed by atoms with Gasteiger partial charge in [0, 0.05) is 15.8 Å². The van der Waals surface area contributed by atoms with E-state index in [1.807, 2.05) is 18.5 Å². The summed E-state index contributed by atoms with van der Waals surface area (Å²) in [6.07, 6.45) is 2.02. The van der Waals surface area contributed by atoms with Crippen molar-refractivity contribution in [1.29, 1.82) is 5.41 Å². The quantitative estimate of drug-likeness (QED) is 0.555. The van der Waals surface area contributed by atoms with Gasteiger partial charge in [-0.15, -0.1) is 11.3 Å². The van der Waals surface area contributed by atoms with E-state index in [1.165, 1.54) is 11.3 Å². The van der Waals surface area contributed by atoms with E-state index in [-0.39, 0.29) is 17.8 Å². The number of rotatable bonds is 4. The van der Waals surface area contributed by atoms with Gasteiger partial charge in [-0.05, 0) is 32.5 Å². The summed E-state index contributed by atoms with van der Waals surface area (Å²) in [5.74, 6) is 0.159. The predicted octanol–water partition coefficient (Wildman–Crippen LogP) is 0.743. The number of nitrogen functional groups attached to an aromatic ring is 1. The molecular weight excluding hydrogens is 248 g/mol. The van der Waals surface area contributed by atoms with E-state index in [9.17, 15) is 4.79 Å². The van der Waals surface area contributed by atoms with E-state index in [2.05, 4.69) is 10.2 Å². The molecule has 0 aliphatic carbocycles. The van der Waals surface area contributed by atoms with Gasteiger partial charge in [-0.25, -0.2) is 0 Å². The summed E-state index contributed by atoms with van der Waals surface area (Å²) in [5, 5.41) is 12.1. The van der Waals surface area contributed by atoms with E-state index >= 15 is 0 Å². The van der Waals surface area contributed by atoms with Crippen LogP contribution in [0.4, 0.5) is 0 Å². The summed E-state index contributed by atoms with van der Waals surface area (Å²) >= 11 is 1.51. The zero-order valence-corrected chi connectivity index (χ0v) is 11.2. The molecule has 18 heavy (non-hydrogen) atoms. The molecule has 1 fully saturated rings. The normalized spacial score (nSPS) is 19.9. The summed E-state index contributed by atoms with van der Waals surface area (Å²) in [6.45, 7) is 1.51. The Balaban J connectivity index is 1.87. The first-order chi connectivity index (χ1) is 8.58. The van der Waals surface area contributed by atoms with E-state index < -0.39 is 0 Å². The third-order valence-electron chi connectivity index (χ3n) is 3.22. The van der Waals surface area contributed by atoms with Crippen molar-refractivity contribution in [3.05, 3.63) is 21.9 Å². The first kappa shape index (κ1) is 13.0. The van der Waals surface area contributed by atoms with Gasteiger partial charge in [-0.1, -0.05) is 0 Å². The molecule has 1 saturated heterocycles. The molecular formula is C12H18N4OS. The van der Waals surface area contributed by atoms with Crippen molar-refractivity contribution in [1.82, 2.24) is 10.2 Å². The fourth-order valence-corrected chi connectivity index (χ4v) is 2.97. The van der Waals surface area contributed by atoms with Crippen LogP contribution in [-0.2, 0) is 11.3 Å². The molecule has 2 rings (SSSR count). The molecule has 1 unspecified atom stereocenters. The highest BCUT2D eigenvalue weighted by molar-refractivity contribution is 7.10. The van der Waals surface area contributed by atoms with Crippen LogP contribution in [0.1, 0.15) is 23.3 Å². The van der Waals surface area contributed by atoms with Crippen LogP contribution < -0.4 is 11.1 Å².